The van der Waals surface area contributed by atoms with Gasteiger partial charge >= 0.3 is 0 Å². The van der Waals surface area contributed by atoms with Crippen molar-refractivity contribution in [2.24, 2.45) is 0 Å². The number of aromatic nitrogens is 4. The predicted molar refractivity (Wildman–Crippen MR) is 115 cm³/mol. The topological polar surface area (TPSA) is 55.6 Å². The van der Waals surface area contributed by atoms with Crippen LogP contribution in [0, 0.1) is 0 Å². The minimum absolute atomic E-state index is 0.145. The predicted octanol–water partition coefficient (Wildman–Crippen LogP) is 4.86. The Kier molecular flexibility index (Phi) is 5.16. The van der Waals surface area contributed by atoms with E-state index in [1.54, 1.807) is 11.3 Å². The number of hydrogen-bond donors (Lipinski definition) is 0. The number of fused-ring (bicyclic) bond motifs is 2. The van der Waals surface area contributed by atoms with Crippen LogP contribution in [0.5, 0.6) is 5.75 Å². The van der Waals surface area contributed by atoms with Gasteiger partial charge in [0.1, 0.15) is 11.9 Å². The third-order valence-electron chi connectivity index (χ3n) is 5.52. The molecule has 2 aromatic carbocycles. The van der Waals surface area contributed by atoms with E-state index in [2.05, 4.69) is 39.4 Å². The Hall–Kier alpha value is -2.51. The minimum atomic E-state index is -0.145. The van der Waals surface area contributed by atoms with Gasteiger partial charge in [0.2, 0.25) is 4.96 Å². The maximum atomic E-state index is 6.19. The monoisotopic (exact) mass is 407 g/mol. The molecule has 1 aliphatic rings. The molecule has 0 radical (unpaired) electrons. The maximum absolute atomic E-state index is 6.19. The molecule has 0 aliphatic carbocycles. The molecule has 150 valence electrons. The van der Waals surface area contributed by atoms with Crippen LogP contribution < -0.4 is 4.74 Å². The lowest BCUT2D eigenvalue weighted by molar-refractivity contribution is 0.225. The van der Waals surface area contributed by atoms with Gasteiger partial charge in [-0.2, -0.15) is 9.61 Å². The van der Waals surface area contributed by atoms with Crippen molar-refractivity contribution in [2.75, 3.05) is 13.1 Å². The van der Waals surface area contributed by atoms with Gasteiger partial charge in [-0.3, -0.25) is 4.90 Å². The molecule has 2 aromatic heterocycles. The van der Waals surface area contributed by atoms with Crippen LogP contribution in [0.2, 0.25) is 0 Å². The number of rotatable bonds is 5. The first kappa shape index (κ1) is 18.5. The van der Waals surface area contributed by atoms with Crippen LogP contribution in [0.1, 0.15) is 49.5 Å². The van der Waals surface area contributed by atoms with Gasteiger partial charge in [0.25, 0.3) is 0 Å². The van der Waals surface area contributed by atoms with Crippen molar-refractivity contribution in [3.63, 3.8) is 0 Å². The van der Waals surface area contributed by atoms with Gasteiger partial charge in [-0.25, -0.2) is 0 Å². The zero-order valence-corrected chi connectivity index (χ0v) is 17.4. The van der Waals surface area contributed by atoms with Crippen LogP contribution >= 0.6 is 11.3 Å². The summed E-state index contributed by atoms with van der Waals surface area (Å²) in [6.07, 6.45) is 5.04. The van der Waals surface area contributed by atoms with Crippen LogP contribution in [0.25, 0.3) is 15.7 Å². The molecule has 1 aliphatic heterocycles. The average Bonchev–Trinajstić information content (AvgIpc) is 3.22. The van der Waals surface area contributed by atoms with Gasteiger partial charge in [0.15, 0.2) is 10.8 Å². The largest absolute Gasteiger partial charge is 0.483 e. The Bertz CT molecular complexity index is 1110. The van der Waals surface area contributed by atoms with Gasteiger partial charge < -0.3 is 4.74 Å². The summed E-state index contributed by atoms with van der Waals surface area (Å²) in [7, 11) is 0. The van der Waals surface area contributed by atoms with Gasteiger partial charge in [-0.05, 0) is 55.8 Å². The molecule has 29 heavy (non-hydrogen) atoms. The van der Waals surface area contributed by atoms with Crippen LogP contribution in [0.4, 0.5) is 0 Å². The molecule has 0 amide bonds. The Morgan fingerprint density at radius 2 is 1.79 bits per heavy atom. The second-order valence-electron chi connectivity index (χ2n) is 7.71. The lowest BCUT2D eigenvalue weighted by Crippen LogP contribution is -2.25. The molecular formula is C22H25N5OS. The van der Waals surface area contributed by atoms with E-state index in [4.69, 9.17) is 9.84 Å². The zero-order chi connectivity index (χ0) is 19.6. The second-order valence-corrected chi connectivity index (χ2v) is 8.70. The van der Waals surface area contributed by atoms with Crippen molar-refractivity contribution in [2.45, 2.75) is 45.3 Å². The van der Waals surface area contributed by atoms with Crippen molar-refractivity contribution in [3.8, 4) is 5.75 Å². The molecule has 0 bridgehead atoms. The second kappa shape index (κ2) is 8.08. The Balaban J connectivity index is 1.33. The Labute approximate surface area is 174 Å². The first-order valence-electron chi connectivity index (χ1n) is 10.3. The van der Waals surface area contributed by atoms with Gasteiger partial charge in [0, 0.05) is 0 Å². The molecular weight excluding hydrogens is 382 g/mol. The fourth-order valence-corrected chi connectivity index (χ4v) is 4.76. The fourth-order valence-electron chi connectivity index (χ4n) is 3.92. The zero-order valence-electron chi connectivity index (χ0n) is 16.6. The van der Waals surface area contributed by atoms with Crippen molar-refractivity contribution in [1.29, 1.82) is 0 Å². The van der Waals surface area contributed by atoms with Crippen LogP contribution in [-0.4, -0.2) is 37.8 Å². The molecule has 5 rings (SSSR count). The van der Waals surface area contributed by atoms with Crippen LogP contribution in [0.3, 0.4) is 0 Å². The molecule has 1 saturated heterocycles. The lowest BCUT2D eigenvalue weighted by atomic mass is 10.1. The summed E-state index contributed by atoms with van der Waals surface area (Å²) >= 11 is 1.55. The molecule has 1 atom stereocenters. The van der Waals surface area contributed by atoms with Crippen molar-refractivity contribution < 1.29 is 4.74 Å². The van der Waals surface area contributed by atoms with E-state index in [1.165, 1.54) is 36.5 Å². The highest BCUT2D eigenvalue weighted by molar-refractivity contribution is 7.16. The molecule has 3 heterocycles. The summed E-state index contributed by atoms with van der Waals surface area (Å²) in [4.78, 5) is 3.30. The van der Waals surface area contributed by atoms with Crippen LogP contribution in [-0.2, 0) is 6.54 Å². The molecule has 0 N–H and O–H groups in total. The highest BCUT2D eigenvalue weighted by Gasteiger charge is 2.19. The summed E-state index contributed by atoms with van der Waals surface area (Å²) in [5.41, 5.74) is 0. The summed E-state index contributed by atoms with van der Waals surface area (Å²) in [5, 5.41) is 16.8. The number of hydrogen-bond acceptors (Lipinski definition) is 6. The van der Waals surface area contributed by atoms with E-state index >= 15 is 0 Å². The van der Waals surface area contributed by atoms with E-state index in [0.29, 0.717) is 0 Å². The average molecular weight is 408 g/mol. The van der Waals surface area contributed by atoms with Gasteiger partial charge in [-0.1, -0.05) is 54.5 Å². The van der Waals surface area contributed by atoms with Gasteiger partial charge in [-0.15, -0.1) is 10.2 Å². The first-order valence-corrected chi connectivity index (χ1v) is 11.2. The lowest BCUT2D eigenvalue weighted by Gasteiger charge is -2.17. The maximum Gasteiger partial charge on any atom is 0.234 e. The number of likely N-dealkylation sites (tertiary alicyclic amines) is 1. The molecule has 1 unspecified atom stereocenters. The van der Waals surface area contributed by atoms with E-state index in [1.807, 2.05) is 29.6 Å². The summed E-state index contributed by atoms with van der Waals surface area (Å²) < 4.78 is 8.08. The fraction of sp³-hybridized carbons (Fsp3) is 0.409. The molecule has 0 spiro atoms. The number of benzene rings is 2. The number of ether oxygens (including phenoxy) is 1. The van der Waals surface area contributed by atoms with Crippen molar-refractivity contribution in [3.05, 3.63) is 53.3 Å². The van der Waals surface area contributed by atoms with Crippen molar-refractivity contribution in [1.82, 2.24) is 24.7 Å². The highest BCUT2D eigenvalue weighted by atomic mass is 32.1. The van der Waals surface area contributed by atoms with E-state index in [0.717, 1.165) is 41.2 Å². The normalized spacial score (nSPS) is 16.9. The van der Waals surface area contributed by atoms with E-state index < -0.39 is 0 Å². The van der Waals surface area contributed by atoms with E-state index in [9.17, 15) is 0 Å². The SMILES string of the molecule is CC(Oc1ccc2ccccc2c1)c1nn2c(CN3CCCCCC3)nnc2s1. The molecule has 1 fully saturated rings. The summed E-state index contributed by atoms with van der Waals surface area (Å²) in [6.45, 7) is 5.11. The smallest absolute Gasteiger partial charge is 0.234 e. The number of nitrogens with zero attached hydrogens (tertiary/aromatic N) is 5. The third-order valence-corrected chi connectivity index (χ3v) is 6.58. The quantitative estimate of drug-likeness (QED) is 0.473. The molecule has 0 saturated carbocycles. The third kappa shape index (κ3) is 3.97. The summed E-state index contributed by atoms with van der Waals surface area (Å²) in [5.74, 6) is 1.77. The Morgan fingerprint density at radius 3 is 2.62 bits per heavy atom. The molecule has 7 heteroatoms. The van der Waals surface area contributed by atoms with Gasteiger partial charge in [0.05, 0.1) is 6.54 Å². The van der Waals surface area contributed by atoms with Crippen molar-refractivity contribution >= 4 is 27.1 Å². The minimum Gasteiger partial charge on any atom is -0.483 e. The first-order chi connectivity index (χ1) is 14.3. The highest BCUT2D eigenvalue weighted by Crippen LogP contribution is 2.28. The Morgan fingerprint density at radius 1 is 1.00 bits per heavy atom. The molecule has 4 aromatic rings. The molecule has 6 nitrogen and oxygen atoms in total. The summed E-state index contributed by atoms with van der Waals surface area (Å²) in [6, 6.07) is 14.5. The van der Waals surface area contributed by atoms with Crippen LogP contribution in [0.15, 0.2) is 42.5 Å². The van der Waals surface area contributed by atoms with E-state index in [-0.39, 0.29) is 6.10 Å². The standard InChI is InChI=1S/C22H25N5OS/c1-16(28-19-11-10-17-8-4-5-9-18(17)14-19)21-25-27-20(23-24-22(27)29-21)15-26-12-6-2-3-7-13-26/h4-5,8-11,14,16H,2-3,6-7,12-13,15H2,1H3.